The van der Waals surface area contributed by atoms with Crippen molar-refractivity contribution >= 4 is 17.6 Å². The first kappa shape index (κ1) is 13.7. The lowest BCUT2D eigenvalue weighted by atomic mass is 10.2. The van der Waals surface area contributed by atoms with Gasteiger partial charge < -0.3 is 15.2 Å². The van der Waals surface area contributed by atoms with Crippen LogP contribution >= 0.6 is 11.6 Å². The molecule has 1 rings (SSSR count). The van der Waals surface area contributed by atoms with E-state index < -0.39 is 17.8 Å². The molecule has 0 heterocycles. The summed E-state index contributed by atoms with van der Waals surface area (Å²) in [5.74, 6) is -1.05. The van der Waals surface area contributed by atoms with E-state index in [4.69, 9.17) is 21.4 Å². The fourth-order valence-corrected chi connectivity index (χ4v) is 1.49. The molecule has 17 heavy (non-hydrogen) atoms. The first-order valence-electron chi connectivity index (χ1n) is 5.02. The van der Waals surface area contributed by atoms with Gasteiger partial charge in [0.1, 0.15) is 17.6 Å². The average Bonchev–Trinajstić information content (AvgIpc) is 2.26. The Labute approximate surface area is 103 Å². The van der Waals surface area contributed by atoms with Crippen LogP contribution in [-0.4, -0.2) is 30.8 Å². The Morgan fingerprint density at radius 2 is 2.35 bits per heavy atom. The summed E-state index contributed by atoms with van der Waals surface area (Å²) in [4.78, 5) is 10.7. The van der Waals surface area contributed by atoms with Gasteiger partial charge in [0.2, 0.25) is 0 Å². The molecule has 0 aromatic heterocycles. The zero-order valence-electron chi connectivity index (χ0n) is 9.24. The van der Waals surface area contributed by atoms with Crippen molar-refractivity contribution in [2.75, 3.05) is 13.7 Å². The molecule has 0 spiro atoms. The van der Waals surface area contributed by atoms with Crippen LogP contribution in [0.4, 0.5) is 4.39 Å². The number of benzene rings is 1. The maximum atomic E-state index is 12.7. The standard InChI is InChI=1S/C11H13ClFNO3/c1-14-9(11(15)16)4-5-17-10-3-2-7(13)6-8(10)12/h2-3,6,9,14H,4-5H2,1H3,(H,15,16). The van der Waals surface area contributed by atoms with Crippen LogP contribution in [-0.2, 0) is 4.79 Å². The molecule has 0 aliphatic carbocycles. The summed E-state index contributed by atoms with van der Waals surface area (Å²) >= 11 is 5.74. The van der Waals surface area contributed by atoms with Gasteiger partial charge in [0.15, 0.2) is 0 Å². The highest BCUT2D eigenvalue weighted by Crippen LogP contribution is 2.24. The van der Waals surface area contributed by atoms with E-state index >= 15 is 0 Å². The molecule has 0 saturated heterocycles. The highest BCUT2D eigenvalue weighted by molar-refractivity contribution is 6.32. The molecule has 94 valence electrons. The van der Waals surface area contributed by atoms with Crippen LogP contribution in [0.15, 0.2) is 18.2 Å². The Kier molecular flexibility index (Phi) is 5.18. The molecule has 0 saturated carbocycles. The van der Waals surface area contributed by atoms with E-state index in [1.165, 1.54) is 12.1 Å². The predicted molar refractivity (Wildman–Crippen MR) is 62.0 cm³/mol. The zero-order valence-corrected chi connectivity index (χ0v) is 10.00. The Hall–Kier alpha value is -1.33. The molecule has 1 aromatic rings. The van der Waals surface area contributed by atoms with Crippen molar-refractivity contribution in [3.63, 3.8) is 0 Å². The Morgan fingerprint density at radius 3 is 2.88 bits per heavy atom. The lowest BCUT2D eigenvalue weighted by Gasteiger charge is -2.12. The first-order valence-corrected chi connectivity index (χ1v) is 5.40. The molecular weight excluding hydrogens is 249 g/mol. The maximum Gasteiger partial charge on any atom is 0.320 e. The number of ether oxygens (including phenoxy) is 1. The number of rotatable bonds is 6. The number of carboxylic acids is 1. The topological polar surface area (TPSA) is 58.6 Å². The SMILES string of the molecule is CNC(CCOc1ccc(F)cc1Cl)C(=O)O. The summed E-state index contributed by atoms with van der Waals surface area (Å²) in [6.07, 6.45) is 0.291. The van der Waals surface area contributed by atoms with Crippen LogP contribution in [0, 0.1) is 5.82 Å². The van der Waals surface area contributed by atoms with Gasteiger partial charge in [-0.05, 0) is 25.2 Å². The van der Waals surface area contributed by atoms with Crippen LogP contribution in [0.1, 0.15) is 6.42 Å². The van der Waals surface area contributed by atoms with E-state index in [0.29, 0.717) is 12.2 Å². The van der Waals surface area contributed by atoms with E-state index in [2.05, 4.69) is 5.32 Å². The molecule has 1 aromatic carbocycles. The minimum atomic E-state index is -0.943. The van der Waals surface area contributed by atoms with E-state index in [-0.39, 0.29) is 11.6 Å². The van der Waals surface area contributed by atoms with Crippen molar-refractivity contribution in [2.24, 2.45) is 0 Å². The largest absolute Gasteiger partial charge is 0.492 e. The molecule has 0 amide bonds. The first-order chi connectivity index (χ1) is 8.04. The highest BCUT2D eigenvalue weighted by Gasteiger charge is 2.14. The average molecular weight is 262 g/mol. The molecule has 1 unspecified atom stereocenters. The third kappa shape index (κ3) is 4.20. The molecule has 6 heteroatoms. The fraction of sp³-hybridized carbons (Fsp3) is 0.364. The van der Waals surface area contributed by atoms with Crippen molar-refractivity contribution in [3.8, 4) is 5.75 Å². The second-order valence-electron chi connectivity index (χ2n) is 3.39. The lowest BCUT2D eigenvalue weighted by Crippen LogP contribution is -2.35. The molecule has 1 atom stereocenters. The molecule has 0 bridgehead atoms. The van der Waals surface area contributed by atoms with E-state index in [0.717, 1.165) is 6.07 Å². The molecular formula is C11H13ClFNO3. The fourth-order valence-electron chi connectivity index (χ4n) is 1.27. The predicted octanol–water partition coefficient (Wildman–Crippen LogP) is 1.92. The highest BCUT2D eigenvalue weighted by atomic mass is 35.5. The van der Waals surface area contributed by atoms with Crippen molar-refractivity contribution < 1.29 is 19.0 Å². The summed E-state index contributed by atoms with van der Waals surface area (Å²) in [5, 5.41) is 11.6. The second-order valence-corrected chi connectivity index (χ2v) is 3.80. The summed E-state index contributed by atoms with van der Waals surface area (Å²) in [5.41, 5.74) is 0. The van der Waals surface area contributed by atoms with Gasteiger partial charge >= 0.3 is 5.97 Å². The van der Waals surface area contributed by atoms with Gasteiger partial charge in [0.05, 0.1) is 11.6 Å². The maximum absolute atomic E-state index is 12.7. The number of aliphatic carboxylic acids is 1. The lowest BCUT2D eigenvalue weighted by molar-refractivity contribution is -0.139. The molecule has 4 nitrogen and oxygen atoms in total. The Balaban J connectivity index is 2.48. The van der Waals surface area contributed by atoms with E-state index in [1.807, 2.05) is 0 Å². The number of carbonyl (C=O) groups is 1. The zero-order chi connectivity index (χ0) is 12.8. The number of nitrogens with one attached hydrogen (secondary N) is 1. The minimum Gasteiger partial charge on any atom is -0.492 e. The van der Waals surface area contributed by atoms with Crippen LogP contribution in [0.2, 0.25) is 5.02 Å². The van der Waals surface area contributed by atoms with Gasteiger partial charge in [0, 0.05) is 6.42 Å². The number of hydrogen-bond acceptors (Lipinski definition) is 3. The summed E-state index contributed by atoms with van der Waals surface area (Å²) in [6, 6.07) is 3.11. The number of hydrogen-bond donors (Lipinski definition) is 2. The van der Waals surface area contributed by atoms with Crippen molar-refractivity contribution in [3.05, 3.63) is 29.0 Å². The second kappa shape index (κ2) is 6.42. The summed E-state index contributed by atoms with van der Waals surface area (Å²) in [6.45, 7) is 0.184. The Morgan fingerprint density at radius 1 is 1.65 bits per heavy atom. The smallest absolute Gasteiger partial charge is 0.320 e. The molecule has 0 aliphatic heterocycles. The van der Waals surface area contributed by atoms with Gasteiger partial charge in [-0.2, -0.15) is 0 Å². The van der Waals surface area contributed by atoms with Crippen molar-refractivity contribution in [1.82, 2.24) is 5.32 Å². The number of carboxylic acid groups (broad SMARTS) is 1. The van der Waals surface area contributed by atoms with Gasteiger partial charge in [-0.1, -0.05) is 11.6 Å². The number of halogens is 2. The van der Waals surface area contributed by atoms with Gasteiger partial charge in [-0.3, -0.25) is 4.79 Å². The third-order valence-corrected chi connectivity index (χ3v) is 2.50. The molecule has 0 fully saturated rings. The number of likely N-dealkylation sites (N-methyl/N-ethyl adjacent to an activating group) is 1. The van der Waals surface area contributed by atoms with Gasteiger partial charge in [-0.15, -0.1) is 0 Å². The summed E-state index contributed by atoms with van der Waals surface area (Å²) in [7, 11) is 1.56. The molecule has 0 aliphatic rings. The third-order valence-electron chi connectivity index (χ3n) is 2.20. The summed E-state index contributed by atoms with van der Waals surface area (Å²) < 4.78 is 18.0. The monoisotopic (exact) mass is 261 g/mol. The van der Waals surface area contributed by atoms with Crippen LogP contribution < -0.4 is 10.1 Å². The normalized spacial score (nSPS) is 12.2. The van der Waals surface area contributed by atoms with E-state index in [9.17, 15) is 9.18 Å². The van der Waals surface area contributed by atoms with Crippen LogP contribution in [0.3, 0.4) is 0 Å². The van der Waals surface area contributed by atoms with Crippen molar-refractivity contribution in [2.45, 2.75) is 12.5 Å². The Bertz CT molecular complexity index is 400. The quantitative estimate of drug-likeness (QED) is 0.821. The van der Waals surface area contributed by atoms with Crippen LogP contribution in [0.5, 0.6) is 5.75 Å². The van der Waals surface area contributed by atoms with Crippen molar-refractivity contribution in [1.29, 1.82) is 0 Å². The van der Waals surface area contributed by atoms with E-state index in [1.54, 1.807) is 7.05 Å². The van der Waals surface area contributed by atoms with Gasteiger partial charge in [0.25, 0.3) is 0 Å². The molecule has 2 N–H and O–H groups in total. The van der Waals surface area contributed by atoms with Gasteiger partial charge in [-0.25, -0.2) is 4.39 Å². The van der Waals surface area contributed by atoms with Crippen LogP contribution in [0.25, 0.3) is 0 Å². The molecule has 0 radical (unpaired) electrons. The minimum absolute atomic E-state index is 0.168.